The van der Waals surface area contributed by atoms with E-state index in [0.29, 0.717) is 19.8 Å². The van der Waals surface area contributed by atoms with E-state index in [-0.39, 0.29) is 5.84 Å². The fraction of sp³-hybridized carbons (Fsp3) is 0.417. The summed E-state index contributed by atoms with van der Waals surface area (Å²) in [5.74, 6) is 0.0797. The molecule has 16 heavy (non-hydrogen) atoms. The van der Waals surface area contributed by atoms with Gasteiger partial charge in [0.1, 0.15) is 5.84 Å². The van der Waals surface area contributed by atoms with Crippen LogP contribution in [0, 0.1) is 5.41 Å². The molecule has 4 heteroatoms. The molecular weight excluding hydrogens is 204 g/mol. The van der Waals surface area contributed by atoms with Gasteiger partial charge in [-0.15, -0.1) is 0 Å². The first-order valence-electron chi connectivity index (χ1n) is 5.24. The van der Waals surface area contributed by atoms with E-state index < -0.39 is 0 Å². The molecule has 3 N–H and O–H groups in total. The molecule has 0 amide bonds. The van der Waals surface area contributed by atoms with E-state index in [1.54, 1.807) is 7.11 Å². The van der Waals surface area contributed by atoms with Gasteiger partial charge in [-0.2, -0.15) is 0 Å². The van der Waals surface area contributed by atoms with Crippen molar-refractivity contribution in [1.82, 2.24) is 0 Å². The Morgan fingerprint density at radius 3 is 2.75 bits per heavy atom. The lowest BCUT2D eigenvalue weighted by molar-refractivity contribution is 0.0928. The molecule has 0 aromatic heterocycles. The second-order valence-electron chi connectivity index (χ2n) is 3.47. The average Bonchev–Trinajstić information content (AvgIpc) is 2.29. The van der Waals surface area contributed by atoms with Crippen molar-refractivity contribution in [2.24, 2.45) is 5.73 Å². The van der Waals surface area contributed by atoms with E-state index in [2.05, 4.69) is 0 Å². The molecule has 0 aliphatic rings. The SMILES string of the molecule is COCCCOCc1ccccc1C(=N)N. The van der Waals surface area contributed by atoms with Crippen molar-refractivity contribution in [2.75, 3.05) is 20.3 Å². The Labute approximate surface area is 95.9 Å². The third kappa shape index (κ3) is 4.00. The quantitative estimate of drug-likeness (QED) is 0.417. The minimum Gasteiger partial charge on any atom is -0.385 e. The Balaban J connectivity index is 2.44. The van der Waals surface area contributed by atoms with Crippen LogP contribution in [-0.4, -0.2) is 26.2 Å². The first-order chi connectivity index (χ1) is 7.75. The van der Waals surface area contributed by atoms with Gasteiger partial charge in [0.2, 0.25) is 0 Å². The Bertz CT molecular complexity index is 340. The van der Waals surface area contributed by atoms with Gasteiger partial charge in [-0.25, -0.2) is 0 Å². The maximum Gasteiger partial charge on any atom is 0.123 e. The summed E-state index contributed by atoms with van der Waals surface area (Å²) in [6.45, 7) is 1.84. The number of nitrogens with two attached hydrogens (primary N) is 1. The molecule has 0 bridgehead atoms. The molecule has 0 radical (unpaired) electrons. The first kappa shape index (κ1) is 12.7. The van der Waals surface area contributed by atoms with E-state index >= 15 is 0 Å². The average molecular weight is 222 g/mol. The van der Waals surface area contributed by atoms with Gasteiger partial charge in [-0.3, -0.25) is 5.41 Å². The highest BCUT2D eigenvalue weighted by Crippen LogP contribution is 2.09. The van der Waals surface area contributed by atoms with E-state index in [0.717, 1.165) is 17.5 Å². The largest absolute Gasteiger partial charge is 0.385 e. The third-order valence-corrected chi connectivity index (χ3v) is 2.20. The van der Waals surface area contributed by atoms with Crippen LogP contribution in [-0.2, 0) is 16.1 Å². The van der Waals surface area contributed by atoms with Crippen molar-refractivity contribution >= 4 is 5.84 Å². The maximum atomic E-state index is 7.42. The highest BCUT2D eigenvalue weighted by atomic mass is 16.5. The zero-order chi connectivity index (χ0) is 11.8. The molecule has 0 aliphatic carbocycles. The summed E-state index contributed by atoms with van der Waals surface area (Å²) in [7, 11) is 1.67. The molecule has 0 aliphatic heterocycles. The van der Waals surface area contributed by atoms with Gasteiger partial charge in [0.05, 0.1) is 6.61 Å². The van der Waals surface area contributed by atoms with Gasteiger partial charge in [0.25, 0.3) is 0 Å². The van der Waals surface area contributed by atoms with Crippen LogP contribution in [0.25, 0.3) is 0 Å². The lowest BCUT2D eigenvalue weighted by atomic mass is 10.1. The van der Waals surface area contributed by atoms with Crippen LogP contribution < -0.4 is 5.73 Å². The van der Waals surface area contributed by atoms with Crippen LogP contribution in [0.4, 0.5) is 0 Å². The van der Waals surface area contributed by atoms with Gasteiger partial charge in [-0.05, 0) is 12.0 Å². The van der Waals surface area contributed by atoms with E-state index in [9.17, 15) is 0 Å². The van der Waals surface area contributed by atoms with Crippen LogP contribution in [0.2, 0.25) is 0 Å². The summed E-state index contributed by atoms with van der Waals surface area (Å²) in [5.41, 5.74) is 7.17. The number of hydrogen-bond donors (Lipinski definition) is 2. The minimum absolute atomic E-state index is 0.0797. The van der Waals surface area contributed by atoms with Gasteiger partial charge in [0, 0.05) is 25.9 Å². The normalized spacial score (nSPS) is 10.3. The standard InChI is InChI=1S/C12H18N2O2/c1-15-7-4-8-16-9-10-5-2-3-6-11(10)12(13)14/h2-3,5-6H,4,7-9H2,1H3,(H3,13,14). The Kier molecular flexibility index (Phi) is 5.53. The molecule has 0 heterocycles. The molecule has 0 spiro atoms. The molecular formula is C12H18N2O2. The van der Waals surface area contributed by atoms with Crippen molar-refractivity contribution in [3.05, 3.63) is 35.4 Å². The highest BCUT2D eigenvalue weighted by molar-refractivity contribution is 5.96. The van der Waals surface area contributed by atoms with Gasteiger partial charge >= 0.3 is 0 Å². The van der Waals surface area contributed by atoms with Crippen LogP contribution in [0.5, 0.6) is 0 Å². The van der Waals surface area contributed by atoms with Crippen molar-refractivity contribution in [2.45, 2.75) is 13.0 Å². The molecule has 0 saturated carbocycles. The molecule has 4 nitrogen and oxygen atoms in total. The van der Waals surface area contributed by atoms with Gasteiger partial charge in [-0.1, -0.05) is 24.3 Å². The number of benzene rings is 1. The van der Waals surface area contributed by atoms with Crippen LogP contribution in [0.1, 0.15) is 17.5 Å². The third-order valence-electron chi connectivity index (χ3n) is 2.20. The fourth-order valence-electron chi connectivity index (χ4n) is 1.40. The monoisotopic (exact) mass is 222 g/mol. The minimum atomic E-state index is 0.0797. The number of ether oxygens (including phenoxy) is 2. The molecule has 1 rings (SSSR count). The van der Waals surface area contributed by atoms with Crippen molar-refractivity contribution < 1.29 is 9.47 Å². The molecule has 0 fully saturated rings. The maximum absolute atomic E-state index is 7.42. The lowest BCUT2D eigenvalue weighted by Crippen LogP contribution is -2.14. The molecule has 0 unspecified atom stereocenters. The summed E-state index contributed by atoms with van der Waals surface area (Å²) in [5, 5.41) is 7.42. The summed E-state index contributed by atoms with van der Waals surface area (Å²) < 4.78 is 10.4. The Morgan fingerprint density at radius 1 is 1.31 bits per heavy atom. The van der Waals surface area contributed by atoms with E-state index in [1.165, 1.54) is 0 Å². The van der Waals surface area contributed by atoms with Gasteiger partial charge < -0.3 is 15.2 Å². The van der Waals surface area contributed by atoms with E-state index in [4.69, 9.17) is 20.6 Å². The number of amidine groups is 1. The number of nitrogen functional groups attached to an aromatic ring is 1. The number of hydrogen-bond acceptors (Lipinski definition) is 3. The summed E-state index contributed by atoms with van der Waals surface area (Å²) in [6.07, 6.45) is 0.874. The molecule has 0 saturated heterocycles. The zero-order valence-corrected chi connectivity index (χ0v) is 9.53. The van der Waals surface area contributed by atoms with Gasteiger partial charge in [0.15, 0.2) is 0 Å². The number of methoxy groups -OCH3 is 1. The van der Waals surface area contributed by atoms with Crippen LogP contribution in [0.15, 0.2) is 24.3 Å². The summed E-state index contributed by atoms with van der Waals surface area (Å²) in [4.78, 5) is 0. The molecule has 0 atom stereocenters. The predicted molar refractivity (Wildman–Crippen MR) is 63.6 cm³/mol. The predicted octanol–water partition coefficient (Wildman–Crippen LogP) is 1.52. The van der Waals surface area contributed by atoms with Crippen LogP contribution >= 0.6 is 0 Å². The summed E-state index contributed by atoms with van der Waals surface area (Å²) >= 11 is 0. The second-order valence-corrected chi connectivity index (χ2v) is 3.47. The molecule has 1 aromatic carbocycles. The number of rotatable bonds is 7. The Hall–Kier alpha value is -1.39. The van der Waals surface area contributed by atoms with Crippen LogP contribution in [0.3, 0.4) is 0 Å². The van der Waals surface area contributed by atoms with E-state index in [1.807, 2.05) is 24.3 Å². The molecule has 88 valence electrons. The number of nitrogens with one attached hydrogen (secondary N) is 1. The smallest absolute Gasteiger partial charge is 0.123 e. The second kappa shape index (κ2) is 6.98. The van der Waals surface area contributed by atoms with Crippen molar-refractivity contribution in [1.29, 1.82) is 5.41 Å². The summed E-state index contributed by atoms with van der Waals surface area (Å²) in [6, 6.07) is 7.54. The van der Waals surface area contributed by atoms with Crippen molar-refractivity contribution in [3.8, 4) is 0 Å². The molecule has 1 aromatic rings. The lowest BCUT2D eigenvalue weighted by Gasteiger charge is -2.08. The Morgan fingerprint density at radius 2 is 2.06 bits per heavy atom. The van der Waals surface area contributed by atoms with Crippen molar-refractivity contribution in [3.63, 3.8) is 0 Å². The zero-order valence-electron chi connectivity index (χ0n) is 9.53. The fourth-order valence-corrected chi connectivity index (χ4v) is 1.40. The highest BCUT2D eigenvalue weighted by Gasteiger charge is 2.03. The topological polar surface area (TPSA) is 68.3 Å². The first-order valence-corrected chi connectivity index (χ1v) is 5.24.